The molecule has 0 aliphatic carbocycles. The standard InChI is InChI=1S/C18H24F2N4O3/c1-13(23-6-4-17(26,10-25)5-7-23)18(27,9-24-12-21-11-22-24)15-3-2-14(19)8-16(15)20/h2-3,8,11-13,25-27H,4-7,9-10H2,1H3/t13-,18-/m1/s1. The van der Waals surface area contributed by atoms with E-state index in [4.69, 9.17) is 0 Å². The summed E-state index contributed by atoms with van der Waals surface area (Å²) in [5, 5.41) is 35.1. The zero-order valence-electron chi connectivity index (χ0n) is 15.1. The second-order valence-electron chi connectivity index (χ2n) is 7.24. The monoisotopic (exact) mass is 382 g/mol. The molecule has 7 nitrogen and oxygen atoms in total. The van der Waals surface area contributed by atoms with Crippen molar-refractivity contribution in [2.24, 2.45) is 0 Å². The summed E-state index contributed by atoms with van der Waals surface area (Å²) >= 11 is 0. The van der Waals surface area contributed by atoms with Crippen molar-refractivity contribution in [1.82, 2.24) is 19.7 Å². The molecule has 1 aromatic carbocycles. The number of rotatable bonds is 6. The Labute approximate surface area is 155 Å². The molecule has 2 heterocycles. The number of nitrogens with zero attached hydrogens (tertiary/aromatic N) is 4. The van der Waals surface area contributed by atoms with Crippen molar-refractivity contribution in [2.45, 2.75) is 43.6 Å². The Bertz CT molecular complexity index is 766. The molecule has 0 bridgehead atoms. The zero-order chi connectivity index (χ0) is 19.7. The van der Waals surface area contributed by atoms with E-state index in [1.54, 1.807) is 6.92 Å². The molecule has 3 N–H and O–H groups in total. The third-order valence-corrected chi connectivity index (χ3v) is 5.53. The quantitative estimate of drug-likeness (QED) is 0.679. The van der Waals surface area contributed by atoms with Gasteiger partial charge in [0.2, 0.25) is 0 Å². The summed E-state index contributed by atoms with van der Waals surface area (Å²) in [5.41, 5.74) is -2.88. The van der Waals surface area contributed by atoms with E-state index in [0.29, 0.717) is 25.9 Å². The Kier molecular flexibility index (Phi) is 5.57. The average Bonchev–Trinajstić information content (AvgIpc) is 3.14. The fourth-order valence-electron chi connectivity index (χ4n) is 3.63. The summed E-state index contributed by atoms with van der Waals surface area (Å²) in [6.45, 7) is 2.19. The first-order valence-corrected chi connectivity index (χ1v) is 8.85. The van der Waals surface area contributed by atoms with Crippen molar-refractivity contribution in [1.29, 1.82) is 0 Å². The van der Waals surface area contributed by atoms with Gasteiger partial charge < -0.3 is 15.3 Å². The Hall–Kier alpha value is -1.94. The molecule has 1 aliphatic heterocycles. The van der Waals surface area contributed by atoms with Crippen LogP contribution in [-0.4, -0.2) is 66.3 Å². The number of hydrogen-bond acceptors (Lipinski definition) is 6. The fourth-order valence-corrected chi connectivity index (χ4v) is 3.63. The second kappa shape index (κ2) is 7.59. The largest absolute Gasteiger partial charge is 0.393 e. The van der Waals surface area contributed by atoms with Crippen LogP contribution in [0, 0.1) is 11.6 Å². The fraction of sp³-hybridized carbons (Fsp3) is 0.556. The lowest BCUT2D eigenvalue weighted by Crippen LogP contribution is -2.56. The van der Waals surface area contributed by atoms with Crippen molar-refractivity contribution < 1.29 is 24.1 Å². The molecule has 27 heavy (non-hydrogen) atoms. The highest BCUT2D eigenvalue weighted by atomic mass is 19.1. The van der Waals surface area contributed by atoms with Gasteiger partial charge in [-0.15, -0.1) is 0 Å². The SMILES string of the molecule is C[C@@H](N1CCC(O)(CO)CC1)[C@](O)(Cn1cncn1)c1ccc(F)cc1F. The zero-order valence-corrected chi connectivity index (χ0v) is 15.1. The van der Waals surface area contributed by atoms with Gasteiger partial charge in [-0.3, -0.25) is 4.90 Å². The third-order valence-electron chi connectivity index (χ3n) is 5.53. The minimum absolute atomic E-state index is 0.0325. The summed E-state index contributed by atoms with van der Waals surface area (Å²) in [6, 6.07) is 2.53. The molecular weight excluding hydrogens is 358 g/mol. The van der Waals surface area contributed by atoms with Gasteiger partial charge in [0.1, 0.15) is 29.9 Å². The van der Waals surface area contributed by atoms with E-state index in [2.05, 4.69) is 10.1 Å². The van der Waals surface area contributed by atoms with E-state index in [1.807, 2.05) is 4.90 Å². The van der Waals surface area contributed by atoms with Crippen molar-refractivity contribution in [3.05, 3.63) is 48.1 Å². The van der Waals surface area contributed by atoms with Gasteiger partial charge in [-0.2, -0.15) is 5.10 Å². The minimum Gasteiger partial charge on any atom is -0.393 e. The Morgan fingerprint density at radius 2 is 2.00 bits per heavy atom. The van der Waals surface area contributed by atoms with Gasteiger partial charge in [-0.1, -0.05) is 6.07 Å². The maximum atomic E-state index is 14.5. The average molecular weight is 382 g/mol. The number of benzene rings is 1. The van der Waals surface area contributed by atoms with E-state index in [0.717, 1.165) is 12.1 Å². The van der Waals surface area contributed by atoms with Crippen LogP contribution in [0.2, 0.25) is 0 Å². The number of aliphatic hydroxyl groups is 3. The highest BCUT2D eigenvalue weighted by molar-refractivity contribution is 5.27. The van der Waals surface area contributed by atoms with Gasteiger partial charge >= 0.3 is 0 Å². The normalized spacial score (nSPS) is 21.0. The van der Waals surface area contributed by atoms with E-state index in [9.17, 15) is 24.1 Å². The van der Waals surface area contributed by atoms with E-state index >= 15 is 0 Å². The van der Waals surface area contributed by atoms with Crippen LogP contribution in [0.3, 0.4) is 0 Å². The van der Waals surface area contributed by atoms with Crippen LogP contribution in [0.25, 0.3) is 0 Å². The summed E-state index contributed by atoms with van der Waals surface area (Å²) in [4.78, 5) is 5.77. The van der Waals surface area contributed by atoms with Gasteiger partial charge in [0.05, 0.1) is 18.8 Å². The molecule has 9 heteroatoms. The molecule has 0 saturated carbocycles. The molecule has 0 amide bonds. The summed E-state index contributed by atoms with van der Waals surface area (Å²) in [5.74, 6) is -1.56. The first-order chi connectivity index (χ1) is 12.8. The summed E-state index contributed by atoms with van der Waals surface area (Å²) in [6.07, 6.45) is 3.40. The van der Waals surface area contributed by atoms with Crippen LogP contribution in [0.15, 0.2) is 30.9 Å². The predicted molar refractivity (Wildman–Crippen MR) is 92.6 cm³/mol. The molecular formula is C18H24F2N4O3. The van der Waals surface area contributed by atoms with E-state index < -0.39 is 28.9 Å². The molecule has 0 spiro atoms. The maximum Gasteiger partial charge on any atom is 0.137 e. The van der Waals surface area contributed by atoms with Crippen molar-refractivity contribution in [3.8, 4) is 0 Å². The molecule has 148 valence electrons. The first-order valence-electron chi connectivity index (χ1n) is 8.85. The van der Waals surface area contributed by atoms with Crippen LogP contribution in [0.5, 0.6) is 0 Å². The van der Waals surface area contributed by atoms with Crippen LogP contribution >= 0.6 is 0 Å². The lowest BCUT2D eigenvalue weighted by molar-refractivity contribution is -0.105. The van der Waals surface area contributed by atoms with Crippen LogP contribution in [0.1, 0.15) is 25.3 Å². The van der Waals surface area contributed by atoms with Crippen molar-refractivity contribution >= 4 is 0 Å². The van der Waals surface area contributed by atoms with Gasteiger partial charge in [0, 0.05) is 30.8 Å². The lowest BCUT2D eigenvalue weighted by atomic mass is 9.83. The minimum atomic E-state index is -1.71. The number of hydrogen-bond donors (Lipinski definition) is 3. The predicted octanol–water partition coefficient (Wildman–Crippen LogP) is 0.652. The molecule has 1 fully saturated rings. The molecule has 0 unspecified atom stereocenters. The number of likely N-dealkylation sites (tertiary alicyclic amines) is 1. The lowest BCUT2D eigenvalue weighted by Gasteiger charge is -2.45. The number of aliphatic hydroxyl groups excluding tert-OH is 1. The number of halogens is 2. The first kappa shape index (κ1) is 19.8. The van der Waals surface area contributed by atoms with Crippen LogP contribution in [0.4, 0.5) is 8.78 Å². The Morgan fingerprint density at radius 1 is 1.30 bits per heavy atom. The van der Waals surface area contributed by atoms with Crippen molar-refractivity contribution in [2.75, 3.05) is 19.7 Å². The summed E-state index contributed by atoms with van der Waals surface area (Å²) in [7, 11) is 0. The van der Waals surface area contributed by atoms with Gasteiger partial charge in [-0.25, -0.2) is 18.4 Å². The highest BCUT2D eigenvalue weighted by Gasteiger charge is 2.44. The third kappa shape index (κ3) is 4.01. The molecule has 1 aromatic heterocycles. The van der Waals surface area contributed by atoms with E-state index in [1.165, 1.54) is 23.4 Å². The maximum absolute atomic E-state index is 14.5. The van der Waals surface area contributed by atoms with Gasteiger partial charge in [0.15, 0.2) is 0 Å². The number of piperidine rings is 1. The second-order valence-corrected chi connectivity index (χ2v) is 7.24. The molecule has 1 saturated heterocycles. The van der Waals surface area contributed by atoms with Crippen molar-refractivity contribution in [3.63, 3.8) is 0 Å². The molecule has 3 rings (SSSR count). The molecule has 2 atom stereocenters. The van der Waals surface area contributed by atoms with Crippen LogP contribution < -0.4 is 0 Å². The summed E-state index contributed by atoms with van der Waals surface area (Å²) < 4.78 is 29.3. The number of aromatic nitrogens is 3. The van der Waals surface area contributed by atoms with Crippen LogP contribution in [-0.2, 0) is 12.1 Å². The molecule has 1 aliphatic rings. The molecule has 2 aromatic rings. The molecule has 0 radical (unpaired) electrons. The topological polar surface area (TPSA) is 94.6 Å². The Balaban J connectivity index is 1.92. The van der Waals surface area contributed by atoms with E-state index in [-0.39, 0.29) is 18.7 Å². The van der Waals surface area contributed by atoms with Gasteiger partial charge in [0.25, 0.3) is 0 Å². The highest BCUT2D eigenvalue weighted by Crippen LogP contribution is 2.35. The smallest absolute Gasteiger partial charge is 0.137 e. The van der Waals surface area contributed by atoms with Gasteiger partial charge in [-0.05, 0) is 25.8 Å². The Morgan fingerprint density at radius 3 is 2.56 bits per heavy atom.